The van der Waals surface area contributed by atoms with E-state index in [1.807, 2.05) is 35.0 Å². The van der Waals surface area contributed by atoms with Gasteiger partial charge < -0.3 is 10.2 Å². The van der Waals surface area contributed by atoms with Gasteiger partial charge in [-0.2, -0.15) is 11.3 Å². The minimum atomic E-state index is 0.151. The molecule has 0 unspecified atom stereocenters. The third-order valence-electron chi connectivity index (χ3n) is 4.19. The molecule has 118 valence electrons. The average molecular weight is 335 g/mol. The third kappa shape index (κ3) is 3.39. The van der Waals surface area contributed by atoms with E-state index in [1.54, 1.807) is 22.7 Å². The molecule has 0 saturated carbocycles. The van der Waals surface area contributed by atoms with Crippen LogP contribution in [0.5, 0.6) is 0 Å². The fraction of sp³-hybridized carbons (Fsp3) is 0.500. The molecule has 4 nitrogen and oxygen atoms in total. The van der Waals surface area contributed by atoms with Gasteiger partial charge in [-0.1, -0.05) is 0 Å². The highest BCUT2D eigenvalue weighted by molar-refractivity contribution is 7.09. The Labute approximate surface area is 139 Å². The number of nitrogens with one attached hydrogen (secondary N) is 1. The Morgan fingerprint density at radius 2 is 2.32 bits per heavy atom. The molecule has 0 aliphatic carbocycles. The maximum Gasteiger partial charge on any atom is 0.255 e. The minimum absolute atomic E-state index is 0.151. The van der Waals surface area contributed by atoms with Gasteiger partial charge >= 0.3 is 0 Å². The second-order valence-electron chi connectivity index (χ2n) is 5.87. The average Bonchev–Trinajstić information content (AvgIpc) is 3.22. The molecule has 1 saturated heterocycles. The van der Waals surface area contributed by atoms with Crippen LogP contribution >= 0.6 is 22.7 Å². The maximum atomic E-state index is 12.9. The van der Waals surface area contributed by atoms with Crippen molar-refractivity contribution in [2.45, 2.75) is 26.8 Å². The summed E-state index contributed by atoms with van der Waals surface area (Å²) in [6.45, 7) is 7.58. The first-order valence-electron chi connectivity index (χ1n) is 7.57. The Balaban J connectivity index is 1.80. The number of hydrogen-bond donors (Lipinski definition) is 1. The van der Waals surface area contributed by atoms with E-state index in [1.165, 1.54) is 4.88 Å². The fourth-order valence-corrected chi connectivity index (χ4v) is 4.42. The fourth-order valence-electron chi connectivity index (χ4n) is 2.80. The van der Waals surface area contributed by atoms with Gasteiger partial charge in [-0.3, -0.25) is 4.79 Å². The third-order valence-corrected chi connectivity index (χ3v) is 5.97. The zero-order valence-electron chi connectivity index (χ0n) is 13.0. The number of thiophene rings is 1. The summed E-state index contributed by atoms with van der Waals surface area (Å²) in [7, 11) is 0. The van der Waals surface area contributed by atoms with Crippen molar-refractivity contribution in [3.63, 3.8) is 0 Å². The molecule has 1 aliphatic heterocycles. The van der Waals surface area contributed by atoms with Gasteiger partial charge in [0.15, 0.2) is 0 Å². The molecule has 2 aromatic heterocycles. The number of carbonyl (C=O) groups is 1. The molecule has 1 aliphatic rings. The Hall–Kier alpha value is -1.24. The van der Waals surface area contributed by atoms with Gasteiger partial charge in [-0.05, 0) is 50.2 Å². The van der Waals surface area contributed by atoms with Crippen LogP contribution < -0.4 is 5.32 Å². The molecule has 0 spiro atoms. The number of hydrogen-bond acceptors (Lipinski definition) is 5. The molecule has 3 heterocycles. The van der Waals surface area contributed by atoms with Gasteiger partial charge in [0.05, 0.1) is 23.3 Å². The van der Waals surface area contributed by atoms with Crippen LogP contribution in [0.15, 0.2) is 16.3 Å². The van der Waals surface area contributed by atoms with E-state index < -0.39 is 0 Å². The van der Waals surface area contributed by atoms with Crippen LogP contribution in [-0.4, -0.2) is 35.4 Å². The van der Waals surface area contributed by atoms with Crippen LogP contribution in [-0.2, 0) is 6.54 Å². The van der Waals surface area contributed by atoms with Crippen LogP contribution in [0.25, 0.3) is 0 Å². The van der Waals surface area contributed by atoms with Gasteiger partial charge in [0, 0.05) is 16.8 Å². The first-order chi connectivity index (χ1) is 10.6. The largest absolute Gasteiger partial charge is 0.333 e. The molecule has 1 amide bonds. The quantitative estimate of drug-likeness (QED) is 0.913. The van der Waals surface area contributed by atoms with E-state index >= 15 is 0 Å². The molecule has 0 bridgehead atoms. The van der Waals surface area contributed by atoms with Crippen molar-refractivity contribution < 1.29 is 4.79 Å². The van der Waals surface area contributed by atoms with Crippen molar-refractivity contribution in [2.75, 3.05) is 19.6 Å². The predicted molar refractivity (Wildman–Crippen MR) is 91.6 cm³/mol. The van der Waals surface area contributed by atoms with Crippen LogP contribution in [0.3, 0.4) is 0 Å². The van der Waals surface area contributed by atoms with E-state index in [4.69, 9.17) is 0 Å². The van der Waals surface area contributed by atoms with Crippen molar-refractivity contribution in [3.05, 3.63) is 38.0 Å². The van der Waals surface area contributed by atoms with E-state index in [-0.39, 0.29) is 5.91 Å². The van der Waals surface area contributed by atoms with Crippen molar-refractivity contribution in [1.29, 1.82) is 0 Å². The summed E-state index contributed by atoms with van der Waals surface area (Å²) in [5.41, 5.74) is 4.82. The lowest BCUT2D eigenvalue weighted by Crippen LogP contribution is -2.35. The number of nitrogens with zero attached hydrogens (tertiary/aromatic N) is 2. The molecule has 0 aromatic carbocycles. The van der Waals surface area contributed by atoms with Crippen molar-refractivity contribution in [1.82, 2.24) is 15.2 Å². The maximum absolute atomic E-state index is 12.9. The number of aryl methyl sites for hydroxylation is 2. The van der Waals surface area contributed by atoms with E-state index in [9.17, 15) is 4.79 Å². The van der Waals surface area contributed by atoms with Crippen molar-refractivity contribution in [2.24, 2.45) is 5.92 Å². The smallest absolute Gasteiger partial charge is 0.255 e. The molecule has 1 fully saturated rings. The van der Waals surface area contributed by atoms with Crippen molar-refractivity contribution in [3.8, 4) is 0 Å². The van der Waals surface area contributed by atoms with Crippen molar-refractivity contribution >= 4 is 28.6 Å². The van der Waals surface area contributed by atoms with Gasteiger partial charge in [0.2, 0.25) is 0 Å². The van der Waals surface area contributed by atoms with Crippen LogP contribution in [0, 0.1) is 19.8 Å². The van der Waals surface area contributed by atoms with Gasteiger partial charge in [0.25, 0.3) is 5.91 Å². The number of carbonyl (C=O) groups excluding carboxylic acids is 1. The summed E-state index contributed by atoms with van der Waals surface area (Å²) in [4.78, 5) is 20.5. The summed E-state index contributed by atoms with van der Waals surface area (Å²) < 4.78 is 0. The van der Waals surface area contributed by atoms with Gasteiger partial charge in [-0.25, -0.2) is 4.98 Å². The Bertz CT molecular complexity index is 643. The highest BCUT2D eigenvalue weighted by atomic mass is 32.1. The van der Waals surface area contributed by atoms with Gasteiger partial charge in [0.1, 0.15) is 0 Å². The Morgan fingerprint density at radius 1 is 1.45 bits per heavy atom. The zero-order chi connectivity index (χ0) is 15.5. The summed E-state index contributed by atoms with van der Waals surface area (Å²) in [5, 5.41) is 7.40. The molecule has 1 N–H and O–H groups in total. The summed E-state index contributed by atoms with van der Waals surface area (Å²) in [6.07, 6.45) is 1.15. The van der Waals surface area contributed by atoms with E-state index in [0.717, 1.165) is 42.9 Å². The molecule has 0 radical (unpaired) electrons. The van der Waals surface area contributed by atoms with Crippen LogP contribution in [0.2, 0.25) is 0 Å². The molecular weight excluding hydrogens is 314 g/mol. The normalized spacial score (nSPS) is 17.8. The highest BCUT2D eigenvalue weighted by Gasteiger charge is 2.25. The van der Waals surface area contributed by atoms with E-state index in [2.05, 4.69) is 10.3 Å². The topological polar surface area (TPSA) is 45.2 Å². The summed E-state index contributed by atoms with van der Waals surface area (Å²) in [6, 6.07) is 0. The summed E-state index contributed by atoms with van der Waals surface area (Å²) in [5.74, 6) is 0.703. The molecular formula is C16H21N3OS2. The minimum Gasteiger partial charge on any atom is -0.333 e. The molecule has 2 aromatic rings. The standard InChI is InChI=1S/C16H21N3OS2/c1-11-8-21-9-14(11)16(20)19(6-13-3-4-17-5-13)7-15-12(2)18-10-22-15/h8-10,13,17H,3-7H2,1-2H3/t13-/m1/s1. The lowest BCUT2D eigenvalue weighted by Gasteiger charge is -2.25. The number of amides is 1. The number of thiazole rings is 1. The van der Waals surface area contributed by atoms with E-state index in [0.29, 0.717) is 12.5 Å². The highest BCUT2D eigenvalue weighted by Crippen LogP contribution is 2.22. The molecule has 6 heteroatoms. The molecule has 3 rings (SSSR count). The number of rotatable bonds is 5. The first-order valence-corrected chi connectivity index (χ1v) is 9.39. The lowest BCUT2D eigenvalue weighted by atomic mass is 10.1. The second kappa shape index (κ2) is 6.89. The second-order valence-corrected chi connectivity index (χ2v) is 7.56. The monoisotopic (exact) mass is 335 g/mol. The van der Waals surface area contributed by atoms with Crippen LogP contribution in [0.4, 0.5) is 0 Å². The lowest BCUT2D eigenvalue weighted by molar-refractivity contribution is 0.0720. The Kier molecular flexibility index (Phi) is 4.90. The summed E-state index contributed by atoms with van der Waals surface area (Å²) >= 11 is 3.23. The van der Waals surface area contributed by atoms with Crippen LogP contribution in [0.1, 0.15) is 32.9 Å². The van der Waals surface area contributed by atoms with Gasteiger partial charge in [-0.15, -0.1) is 11.3 Å². The zero-order valence-corrected chi connectivity index (χ0v) is 14.6. The Morgan fingerprint density at radius 3 is 2.91 bits per heavy atom. The number of aromatic nitrogens is 1. The molecule has 22 heavy (non-hydrogen) atoms. The first kappa shape index (κ1) is 15.6. The predicted octanol–water partition coefficient (Wildman–Crippen LogP) is 3.07. The SMILES string of the molecule is Cc1cscc1C(=O)N(Cc1scnc1C)C[C@@H]1CCNC1. The molecule has 1 atom stereocenters.